The molecule has 0 bridgehead atoms. The summed E-state index contributed by atoms with van der Waals surface area (Å²) in [6.07, 6.45) is 1.36. The smallest absolute Gasteiger partial charge is 0.346 e. The third-order valence-electron chi connectivity index (χ3n) is 4.05. The highest BCUT2D eigenvalue weighted by Crippen LogP contribution is 2.29. The monoisotopic (exact) mass is 339 g/mol. The number of methoxy groups -OCH3 is 1. The minimum Gasteiger partial charge on any atom is -0.504 e. The van der Waals surface area contributed by atoms with Gasteiger partial charge in [-0.25, -0.2) is 4.79 Å². The standard InChI is InChI=1S/C18H17N3O4/c1-18(13-6-4-3-5-7-13)16(23)21(17(24)20-18)19-11-12-8-9-14(22)15(10-12)25-2/h3-11,22H,1-2H3,(H,20,24)/b19-11+/t18-/m0/s1. The predicted octanol–water partition coefficient (Wildman–Crippen LogP) is 2.20. The van der Waals surface area contributed by atoms with Gasteiger partial charge in [-0.1, -0.05) is 30.3 Å². The molecule has 128 valence electrons. The third kappa shape index (κ3) is 2.91. The second-order valence-electron chi connectivity index (χ2n) is 5.71. The van der Waals surface area contributed by atoms with E-state index >= 15 is 0 Å². The zero-order valence-corrected chi connectivity index (χ0v) is 13.8. The van der Waals surface area contributed by atoms with Gasteiger partial charge >= 0.3 is 6.03 Å². The molecule has 25 heavy (non-hydrogen) atoms. The normalized spacial score (nSPS) is 20.2. The lowest BCUT2D eigenvalue weighted by Gasteiger charge is -2.20. The average molecular weight is 339 g/mol. The van der Waals surface area contributed by atoms with E-state index in [0.29, 0.717) is 11.1 Å². The minimum atomic E-state index is -1.16. The van der Waals surface area contributed by atoms with Crippen molar-refractivity contribution in [1.82, 2.24) is 10.3 Å². The van der Waals surface area contributed by atoms with Gasteiger partial charge in [-0.15, -0.1) is 5.01 Å². The van der Waals surface area contributed by atoms with Crippen molar-refractivity contribution in [1.29, 1.82) is 0 Å². The summed E-state index contributed by atoms with van der Waals surface area (Å²) in [5.74, 6) is -0.202. The van der Waals surface area contributed by atoms with Crippen LogP contribution in [0.25, 0.3) is 0 Å². The van der Waals surface area contributed by atoms with E-state index in [9.17, 15) is 14.7 Å². The van der Waals surface area contributed by atoms with Crippen LogP contribution >= 0.6 is 0 Å². The van der Waals surface area contributed by atoms with Crippen LogP contribution in [0.4, 0.5) is 4.79 Å². The lowest BCUT2D eigenvalue weighted by molar-refractivity contribution is -0.131. The summed E-state index contributed by atoms with van der Waals surface area (Å²) in [5.41, 5.74) is 0.0865. The maximum Gasteiger partial charge on any atom is 0.346 e. The molecule has 1 heterocycles. The molecule has 3 amide bonds. The summed E-state index contributed by atoms with van der Waals surface area (Å²) in [6.45, 7) is 1.64. The number of ether oxygens (including phenoxy) is 1. The summed E-state index contributed by atoms with van der Waals surface area (Å²) < 4.78 is 5.02. The quantitative estimate of drug-likeness (QED) is 0.660. The summed E-state index contributed by atoms with van der Waals surface area (Å²) in [7, 11) is 1.43. The molecule has 1 aliphatic rings. The molecule has 0 saturated carbocycles. The van der Waals surface area contributed by atoms with Crippen molar-refractivity contribution in [3.05, 3.63) is 59.7 Å². The van der Waals surface area contributed by atoms with Gasteiger partial charge in [0.2, 0.25) is 0 Å². The number of phenols is 1. The molecule has 7 heteroatoms. The van der Waals surface area contributed by atoms with Crippen LogP contribution in [0.2, 0.25) is 0 Å². The van der Waals surface area contributed by atoms with E-state index in [1.807, 2.05) is 6.07 Å². The molecule has 0 radical (unpaired) electrons. The van der Waals surface area contributed by atoms with Crippen molar-refractivity contribution in [2.45, 2.75) is 12.5 Å². The Bertz CT molecular complexity index is 851. The van der Waals surface area contributed by atoms with E-state index in [0.717, 1.165) is 5.01 Å². The van der Waals surface area contributed by atoms with Gasteiger partial charge in [-0.05, 0) is 36.2 Å². The van der Waals surface area contributed by atoms with Gasteiger partial charge in [0.1, 0.15) is 5.54 Å². The Morgan fingerprint density at radius 1 is 1.20 bits per heavy atom. The molecule has 2 N–H and O–H groups in total. The van der Waals surface area contributed by atoms with Gasteiger partial charge in [-0.2, -0.15) is 5.10 Å². The number of phenolic OH excluding ortho intramolecular Hbond substituents is 1. The highest BCUT2D eigenvalue weighted by Gasteiger charge is 2.49. The van der Waals surface area contributed by atoms with E-state index < -0.39 is 17.5 Å². The number of nitrogens with one attached hydrogen (secondary N) is 1. The summed E-state index contributed by atoms with van der Waals surface area (Å²) in [4.78, 5) is 24.9. The number of carbonyl (C=O) groups excluding carboxylic acids is 2. The summed E-state index contributed by atoms with van der Waals surface area (Å²) in [6, 6.07) is 13.0. The van der Waals surface area contributed by atoms with E-state index in [1.165, 1.54) is 19.4 Å². The molecule has 0 unspecified atom stereocenters. The van der Waals surface area contributed by atoms with Crippen molar-refractivity contribution in [2.75, 3.05) is 7.11 Å². The van der Waals surface area contributed by atoms with Crippen LogP contribution in [0.15, 0.2) is 53.6 Å². The molecule has 0 aliphatic carbocycles. The molecule has 1 atom stereocenters. The lowest BCUT2D eigenvalue weighted by Crippen LogP contribution is -2.40. The minimum absolute atomic E-state index is 0.00806. The second-order valence-corrected chi connectivity index (χ2v) is 5.71. The number of nitrogens with zero attached hydrogens (tertiary/aromatic N) is 2. The van der Waals surface area contributed by atoms with E-state index in [4.69, 9.17) is 4.74 Å². The van der Waals surface area contributed by atoms with Gasteiger partial charge in [-0.3, -0.25) is 4.79 Å². The molecular weight excluding hydrogens is 322 g/mol. The second kappa shape index (κ2) is 6.27. The van der Waals surface area contributed by atoms with Crippen LogP contribution in [0.1, 0.15) is 18.1 Å². The number of hydrogen-bond acceptors (Lipinski definition) is 5. The predicted molar refractivity (Wildman–Crippen MR) is 91.4 cm³/mol. The average Bonchev–Trinajstić information content (AvgIpc) is 2.85. The molecule has 1 saturated heterocycles. The number of urea groups is 1. The number of amides is 3. The Balaban J connectivity index is 1.86. The zero-order valence-electron chi connectivity index (χ0n) is 13.8. The SMILES string of the molecule is COc1cc(/C=N/N2C(=O)N[C@@](C)(c3ccccc3)C2=O)ccc1O. The molecule has 1 aliphatic heterocycles. The van der Waals surface area contributed by atoms with Crippen molar-refractivity contribution in [2.24, 2.45) is 5.10 Å². The third-order valence-corrected chi connectivity index (χ3v) is 4.05. The number of imide groups is 1. The first-order valence-corrected chi connectivity index (χ1v) is 7.59. The van der Waals surface area contributed by atoms with Gasteiger partial charge in [0.25, 0.3) is 5.91 Å². The first-order chi connectivity index (χ1) is 12.0. The van der Waals surface area contributed by atoms with E-state index in [2.05, 4.69) is 10.4 Å². The Morgan fingerprint density at radius 2 is 1.92 bits per heavy atom. The van der Waals surface area contributed by atoms with E-state index in [1.54, 1.807) is 43.3 Å². The maximum absolute atomic E-state index is 12.7. The fourth-order valence-corrected chi connectivity index (χ4v) is 2.60. The largest absolute Gasteiger partial charge is 0.504 e. The Kier molecular flexibility index (Phi) is 4.14. The van der Waals surface area contributed by atoms with Crippen LogP contribution in [0.5, 0.6) is 11.5 Å². The topological polar surface area (TPSA) is 91.2 Å². The van der Waals surface area contributed by atoms with Gasteiger partial charge in [0.05, 0.1) is 13.3 Å². The van der Waals surface area contributed by atoms with Crippen LogP contribution < -0.4 is 10.1 Å². The first kappa shape index (κ1) is 16.5. The highest BCUT2D eigenvalue weighted by molar-refractivity contribution is 6.07. The molecule has 7 nitrogen and oxygen atoms in total. The number of benzene rings is 2. The molecule has 2 aromatic carbocycles. The Morgan fingerprint density at radius 3 is 2.60 bits per heavy atom. The van der Waals surface area contributed by atoms with E-state index in [-0.39, 0.29) is 11.5 Å². The van der Waals surface area contributed by atoms with Gasteiger partial charge in [0, 0.05) is 0 Å². The molecule has 0 aromatic heterocycles. The van der Waals surface area contributed by atoms with Crippen LogP contribution in [-0.2, 0) is 10.3 Å². The highest BCUT2D eigenvalue weighted by atomic mass is 16.5. The molecule has 2 aromatic rings. The molecule has 0 spiro atoms. The summed E-state index contributed by atoms with van der Waals surface area (Å²) >= 11 is 0. The fourth-order valence-electron chi connectivity index (χ4n) is 2.60. The Labute approximate surface area is 144 Å². The zero-order chi connectivity index (χ0) is 18.0. The summed E-state index contributed by atoms with van der Waals surface area (Å²) in [5, 5.41) is 17.1. The van der Waals surface area contributed by atoms with Crippen molar-refractivity contribution >= 4 is 18.2 Å². The van der Waals surface area contributed by atoms with Crippen molar-refractivity contribution in [3.8, 4) is 11.5 Å². The van der Waals surface area contributed by atoms with Gasteiger partial charge in [0.15, 0.2) is 11.5 Å². The lowest BCUT2D eigenvalue weighted by atomic mass is 9.92. The Hall–Kier alpha value is -3.35. The number of rotatable bonds is 4. The van der Waals surface area contributed by atoms with Crippen molar-refractivity contribution in [3.63, 3.8) is 0 Å². The molecular formula is C18H17N3O4. The number of hydrogen-bond donors (Lipinski definition) is 2. The first-order valence-electron chi connectivity index (χ1n) is 7.59. The van der Waals surface area contributed by atoms with Gasteiger partial charge < -0.3 is 15.2 Å². The fraction of sp³-hybridized carbons (Fsp3) is 0.167. The van der Waals surface area contributed by atoms with Crippen LogP contribution in [0.3, 0.4) is 0 Å². The van der Waals surface area contributed by atoms with Crippen LogP contribution in [0, 0.1) is 0 Å². The van der Waals surface area contributed by atoms with Crippen molar-refractivity contribution < 1.29 is 19.4 Å². The van der Waals surface area contributed by atoms with Crippen LogP contribution in [-0.4, -0.2) is 35.4 Å². The number of carbonyl (C=O) groups is 2. The number of hydrazone groups is 1. The molecule has 1 fully saturated rings. The molecule has 3 rings (SSSR count). The number of aromatic hydroxyl groups is 1. The maximum atomic E-state index is 12.7.